The van der Waals surface area contributed by atoms with Crippen LogP contribution in [0.5, 0.6) is 0 Å². The Hall–Kier alpha value is -1.15. The monoisotopic (exact) mass is 428 g/mol. The predicted molar refractivity (Wildman–Crippen MR) is 110 cm³/mol. The Kier molecular flexibility index (Phi) is 7.02. The lowest BCUT2D eigenvalue weighted by atomic mass is 9.86. The summed E-state index contributed by atoms with van der Waals surface area (Å²) >= 11 is 5.95. The summed E-state index contributed by atoms with van der Waals surface area (Å²) < 4.78 is 27.2. The Morgan fingerprint density at radius 2 is 1.93 bits per heavy atom. The predicted octanol–water partition coefficient (Wildman–Crippen LogP) is 1.31. The summed E-state index contributed by atoms with van der Waals surface area (Å²) in [7, 11) is -3.55. The third-order valence-corrected chi connectivity index (χ3v) is 8.37. The quantitative estimate of drug-likeness (QED) is 0.742. The molecule has 2 N–H and O–H groups in total. The van der Waals surface area contributed by atoms with E-state index >= 15 is 0 Å². The second kappa shape index (κ2) is 9.11. The van der Waals surface area contributed by atoms with Crippen LogP contribution in [-0.4, -0.2) is 56.9 Å². The minimum absolute atomic E-state index is 0.0832. The summed E-state index contributed by atoms with van der Waals surface area (Å²) in [6.07, 6.45) is 4.65. The van der Waals surface area contributed by atoms with Crippen LogP contribution in [0.15, 0.2) is 29.2 Å². The third-order valence-electron chi connectivity index (χ3n) is 6.24. The topological polar surface area (TPSA) is 70.9 Å². The number of hydrogen-bond donors (Lipinski definition) is 2. The lowest BCUT2D eigenvalue weighted by molar-refractivity contribution is -0.917. The van der Waals surface area contributed by atoms with Gasteiger partial charge in [-0.05, 0) is 43.9 Å². The van der Waals surface area contributed by atoms with Gasteiger partial charge in [0, 0.05) is 11.1 Å². The molecule has 1 aliphatic heterocycles. The number of benzene rings is 1. The molecule has 8 heteroatoms. The molecule has 3 atom stereocenters. The van der Waals surface area contributed by atoms with Crippen LogP contribution in [0.1, 0.15) is 39.5 Å². The highest BCUT2D eigenvalue weighted by Gasteiger charge is 2.35. The normalized spacial score (nSPS) is 26.0. The highest BCUT2D eigenvalue weighted by Crippen LogP contribution is 2.23. The number of rotatable bonds is 5. The molecular weight excluding hydrogens is 398 g/mol. The summed E-state index contributed by atoms with van der Waals surface area (Å²) in [6.45, 7) is 6.20. The largest absolute Gasteiger partial charge is 0.348 e. The van der Waals surface area contributed by atoms with Gasteiger partial charge in [0.15, 0.2) is 6.04 Å². The molecule has 0 spiro atoms. The van der Waals surface area contributed by atoms with E-state index in [1.54, 1.807) is 18.2 Å². The number of hydrogen-bond acceptors (Lipinski definition) is 3. The summed E-state index contributed by atoms with van der Waals surface area (Å²) in [5, 5.41) is 3.64. The first-order valence-electron chi connectivity index (χ1n) is 10.2. The number of halogens is 1. The van der Waals surface area contributed by atoms with Crippen molar-refractivity contribution in [1.29, 1.82) is 0 Å². The van der Waals surface area contributed by atoms with Gasteiger partial charge in [0.1, 0.15) is 0 Å². The van der Waals surface area contributed by atoms with Gasteiger partial charge < -0.3 is 10.2 Å². The van der Waals surface area contributed by atoms with Gasteiger partial charge in [-0.3, -0.25) is 4.79 Å². The number of carbonyl (C=O) groups excluding carboxylic acids is 1. The van der Waals surface area contributed by atoms with E-state index in [9.17, 15) is 13.2 Å². The van der Waals surface area contributed by atoms with Crippen LogP contribution >= 0.6 is 11.6 Å². The Morgan fingerprint density at radius 1 is 1.25 bits per heavy atom. The molecule has 6 nitrogen and oxygen atoms in total. The van der Waals surface area contributed by atoms with Crippen LogP contribution in [-0.2, 0) is 14.8 Å². The van der Waals surface area contributed by atoms with Gasteiger partial charge in [0.25, 0.3) is 5.91 Å². The van der Waals surface area contributed by atoms with E-state index in [0.717, 1.165) is 11.3 Å². The maximum Gasteiger partial charge on any atom is 0.278 e. The minimum Gasteiger partial charge on any atom is -0.348 e. The van der Waals surface area contributed by atoms with Crippen molar-refractivity contribution in [2.24, 2.45) is 5.92 Å². The van der Waals surface area contributed by atoms with Crippen LogP contribution in [0, 0.1) is 5.92 Å². The SMILES string of the molecule is C[C@H](C(=O)N[C@H]1CCCC[C@@H]1C)[NH+]1CCN(S(=O)(=O)c2cccc(Cl)c2)CC1. The fourth-order valence-electron chi connectivity index (χ4n) is 4.25. The molecular formula is C20H31ClN3O3S+. The summed E-state index contributed by atoms with van der Waals surface area (Å²) in [6, 6.07) is 6.46. The summed E-state index contributed by atoms with van der Waals surface area (Å²) in [5.41, 5.74) is 0. The van der Waals surface area contributed by atoms with Gasteiger partial charge in [0.05, 0.1) is 31.1 Å². The van der Waals surface area contributed by atoms with E-state index in [-0.39, 0.29) is 22.9 Å². The van der Waals surface area contributed by atoms with Crippen LogP contribution < -0.4 is 10.2 Å². The molecule has 28 heavy (non-hydrogen) atoms. The highest BCUT2D eigenvalue weighted by atomic mass is 35.5. The second-order valence-electron chi connectivity index (χ2n) is 8.12. The molecule has 1 aromatic carbocycles. The van der Waals surface area contributed by atoms with Gasteiger partial charge >= 0.3 is 0 Å². The Balaban J connectivity index is 1.56. The molecule has 1 aromatic rings. The summed E-state index contributed by atoms with van der Waals surface area (Å²) in [4.78, 5) is 14.1. The summed E-state index contributed by atoms with van der Waals surface area (Å²) in [5.74, 6) is 0.611. The van der Waals surface area contributed by atoms with Crippen molar-refractivity contribution in [3.8, 4) is 0 Å². The number of carbonyl (C=O) groups is 1. The first-order chi connectivity index (χ1) is 13.3. The smallest absolute Gasteiger partial charge is 0.278 e. The van der Waals surface area contributed by atoms with Crippen molar-refractivity contribution in [3.63, 3.8) is 0 Å². The van der Waals surface area contributed by atoms with Gasteiger partial charge in [-0.15, -0.1) is 0 Å². The van der Waals surface area contributed by atoms with E-state index in [1.807, 2.05) is 6.92 Å². The standard InChI is InChI=1S/C20H30ClN3O3S/c1-15-6-3-4-9-19(15)22-20(25)16(2)23-10-12-24(13-11-23)28(26,27)18-8-5-7-17(21)14-18/h5,7-8,14-16,19H,3-4,6,9-13H2,1-2H3,(H,22,25)/p+1/t15-,16+,19-/m0/s1. The van der Waals surface area contributed by atoms with Crippen molar-refractivity contribution in [3.05, 3.63) is 29.3 Å². The fourth-order valence-corrected chi connectivity index (χ4v) is 5.99. The first kappa shape index (κ1) is 21.6. The molecule has 1 saturated carbocycles. The van der Waals surface area contributed by atoms with Crippen molar-refractivity contribution >= 4 is 27.5 Å². The minimum atomic E-state index is -3.55. The van der Waals surface area contributed by atoms with E-state index in [2.05, 4.69) is 12.2 Å². The van der Waals surface area contributed by atoms with Gasteiger partial charge in [-0.2, -0.15) is 4.31 Å². The Labute approximate surface area is 173 Å². The Bertz CT molecular complexity index is 794. The van der Waals surface area contributed by atoms with Gasteiger partial charge in [-0.1, -0.05) is 37.4 Å². The lowest BCUT2D eigenvalue weighted by Gasteiger charge is -2.35. The zero-order valence-electron chi connectivity index (χ0n) is 16.7. The highest BCUT2D eigenvalue weighted by molar-refractivity contribution is 7.89. The van der Waals surface area contributed by atoms with Crippen LogP contribution in [0.3, 0.4) is 0 Å². The number of sulfonamides is 1. The molecule has 0 radical (unpaired) electrons. The van der Waals surface area contributed by atoms with Crippen molar-refractivity contribution < 1.29 is 18.1 Å². The van der Waals surface area contributed by atoms with E-state index in [1.165, 1.54) is 29.6 Å². The molecule has 1 heterocycles. The number of quaternary nitrogens is 1. The average Bonchev–Trinajstić information content (AvgIpc) is 2.69. The van der Waals surface area contributed by atoms with Crippen molar-refractivity contribution in [1.82, 2.24) is 9.62 Å². The van der Waals surface area contributed by atoms with Crippen LogP contribution in [0.2, 0.25) is 5.02 Å². The molecule has 0 unspecified atom stereocenters. The number of nitrogens with one attached hydrogen (secondary N) is 2. The molecule has 3 rings (SSSR count). The third kappa shape index (κ3) is 4.87. The zero-order valence-corrected chi connectivity index (χ0v) is 18.2. The molecule has 1 aliphatic carbocycles. The lowest BCUT2D eigenvalue weighted by Crippen LogP contribution is -3.19. The van der Waals surface area contributed by atoms with E-state index in [4.69, 9.17) is 11.6 Å². The average molecular weight is 429 g/mol. The maximum absolute atomic E-state index is 12.8. The Morgan fingerprint density at radius 3 is 2.57 bits per heavy atom. The van der Waals surface area contributed by atoms with Crippen molar-refractivity contribution in [2.45, 2.75) is 56.5 Å². The molecule has 0 aromatic heterocycles. The first-order valence-corrected chi connectivity index (χ1v) is 12.0. The van der Waals surface area contributed by atoms with E-state index in [0.29, 0.717) is 37.1 Å². The number of amides is 1. The van der Waals surface area contributed by atoms with Gasteiger partial charge in [-0.25, -0.2) is 8.42 Å². The molecule has 156 valence electrons. The van der Waals surface area contributed by atoms with Crippen molar-refractivity contribution in [2.75, 3.05) is 26.2 Å². The molecule has 1 saturated heterocycles. The molecule has 1 amide bonds. The van der Waals surface area contributed by atoms with E-state index < -0.39 is 10.0 Å². The van der Waals surface area contributed by atoms with Crippen LogP contribution in [0.4, 0.5) is 0 Å². The molecule has 0 bridgehead atoms. The fraction of sp³-hybridized carbons (Fsp3) is 0.650. The van der Waals surface area contributed by atoms with Gasteiger partial charge in [0.2, 0.25) is 10.0 Å². The number of piperazine rings is 1. The van der Waals surface area contributed by atoms with Crippen LogP contribution in [0.25, 0.3) is 0 Å². The number of nitrogens with zero attached hydrogens (tertiary/aromatic N) is 1. The second-order valence-corrected chi connectivity index (χ2v) is 10.5. The maximum atomic E-state index is 12.8. The molecule has 2 aliphatic rings. The molecule has 2 fully saturated rings. The zero-order chi connectivity index (χ0) is 20.3.